The second-order valence-corrected chi connectivity index (χ2v) is 6.75. The first-order chi connectivity index (χ1) is 7.31. The van der Waals surface area contributed by atoms with E-state index < -0.39 is 0 Å². The lowest BCUT2D eigenvalue weighted by Crippen LogP contribution is -2.27. The highest BCUT2D eigenvalue weighted by atomic mass is 79.9. The van der Waals surface area contributed by atoms with Gasteiger partial charge in [-0.1, -0.05) is 0 Å². The van der Waals surface area contributed by atoms with Crippen molar-refractivity contribution in [3.05, 3.63) is 20.8 Å². The van der Waals surface area contributed by atoms with Gasteiger partial charge in [0, 0.05) is 33.9 Å². The van der Waals surface area contributed by atoms with Crippen LogP contribution in [0.15, 0.2) is 15.9 Å². The summed E-state index contributed by atoms with van der Waals surface area (Å²) in [6.07, 6.45) is 5.80. The molecule has 0 atom stereocenters. The van der Waals surface area contributed by atoms with Crippen LogP contribution in [-0.4, -0.2) is 17.5 Å². The lowest BCUT2D eigenvalue weighted by molar-refractivity contribution is 0.246. The second kappa shape index (κ2) is 4.19. The van der Waals surface area contributed by atoms with Gasteiger partial charge in [-0.15, -0.1) is 11.3 Å². The number of thiophene rings is 1. The molecule has 0 saturated heterocycles. The first-order valence-corrected chi connectivity index (χ1v) is 7.45. The summed E-state index contributed by atoms with van der Waals surface area (Å²) in [5.74, 6) is 1.02. The number of rotatable bonds is 5. The highest BCUT2D eigenvalue weighted by Crippen LogP contribution is 2.36. The summed E-state index contributed by atoms with van der Waals surface area (Å²) in [6.45, 7) is 2.53. The first-order valence-electron chi connectivity index (χ1n) is 5.78. The molecule has 2 aliphatic rings. The van der Waals surface area contributed by atoms with Gasteiger partial charge in [-0.3, -0.25) is 4.90 Å². The van der Waals surface area contributed by atoms with Crippen LogP contribution in [0.5, 0.6) is 0 Å². The predicted molar refractivity (Wildman–Crippen MR) is 68.2 cm³/mol. The minimum Gasteiger partial charge on any atom is -0.295 e. The minimum absolute atomic E-state index is 0.909. The van der Waals surface area contributed by atoms with Crippen LogP contribution in [0.25, 0.3) is 0 Å². The molecule has 3 heteroatoms. The Labute approximate surface area is 104 Å². The maximum Gasteiger partial charge on any atom is 0.0331 e. The molecule has 0 N–H and O–H groups in total. The Bertz CT molecular complexity index is 341. The van der Waals surface area contributed by atoms with Gasteiger partial charge in [0.1, 0.15) is 0 Å². The van der Waals surface area contributed by atoms with Crippen LogP contribution in [0.2, 0.25) is 0 Å². The zero-order chi connectivity index (χ0) is 10.3. The van der Waals surface area contributed by atoms with Crippen molar-refractivity contribution in [2.45, 2.75) is 38.3 Å². The van der Waals surface area contributed by atoms with Crippen LogP contribution in [0.4, 0.5) is 0 Å². The van der Waals surface area contributed by atoms with E-state index in [9.17, 15) is 0 Å². The van der Waals surface area contributed by atoms with Gasteiger partial charge in [-0.2, -0.15) is 0 Å². The highest BCUT2D eigenvalue weighted by Gasteiger charge is 2.33. The molecule has 0 aromatic carbocycles. The topological polar surface area (TPSA) is 3.24 Å². The molecule has 82 valence electrons. The normalized spacial score (nSPS) is 21.2. The predicted octanol–water partition coefficient (Wildman–Crippen LogP) is 3.89. The fourth-order valence-electron chi connectivity index (χ4n) is 2.05. The van der Waals surface area contributed by atoms with E-state index in [1.807, 2.05) is 11.3 Å². The van der Waals surface area contributed by atoms with Gasteiger partial charge < -0.3 is 0 Å². The fraction of sp³-hybridized carbons (Fsp3) is 0.667. The molecule has 1 heterocycles. The fourth-order valence-corrected chi connectivity index (χ4v) is 3.53. The average molecular weight is 286 g/mol. The van der Waals surface area contributed by atoms with Gasteiger partial charge in [0.25, 0.3) is 0 Å². The quantitative estimate of drug-likeness (QED) is 0.794. The molecule has 0 bridgehead atoms. The maximum atomic E-state index is 3.53. The minimum atomic E-state index is 0.909. The lowest BCUT2D eigenvalue weighted by atomic mass is 10.3. The molecule has 1 nitrogen and oxygen atoms in total. The molecular formula is C12H16BrNS. The standard InChI is InChI=1S/C12H16BrNS/c13-10-5-12(15-8-10)7-14(11-3-4-11)6-9-1-2-9/h5,8-9,11H,1-4,6-7H2. The van der Waals surface area contributed by atoms with E-state index in [2.05, 4.69) is 32.3 Å². The molecule has 0 spiro atoms. The molecule has 0 aliphatic heterocycles. The van der Waals surface area contributed by atoms with E-state index in [0.717, 1.165) is 12.0 Å². The summed E-state index contributed by atoms with van der Waals surface area (Å²) in [4.78, 5) is 4.21. The van der Waals surface area contributed by atoms with Gasteiger partial charge in [-0.05, 0) is 53.6 Å². The Balaban J connectivity index is 1.61. The molecule has 0 amide bonds. The van der Waals surface area contributed by atoms with Crippen molar-refractivity contribution in [1.82, 2.24) is 4.90 Å². The molecule has 0 unspecified atom stereocenters. The molecule has 2 saturated carbocycles. The first kappa shape index (κ1) is 10.3. The van der Waals surface area contributed by atoms with E-state index in [4.69, 9.17) is 0 Å². The van der Waals surface area contributed by atoms with Crippen molar-refractivity contribution in [2.24, 2.45) is 5.92 Å². The Morgan fingerprint density at radius 3 is 2.67 bits per heavy atom. The Hall–Kier alpha value is 0.140. The summed E-state index contributed by atoms with van der Waals surface area (Å²) < 4.78 is 1.24. The van der Waals surface area contributed by atoms with Crippen molar-refractivity contribution < 1.29 is 0 Å². The third-order valence-electron chi connectivity index (χ3n) is 3.23. The van der Waals surface area contributed by atoms with E-state index in [0.29, 0.717) is 0 Å². The molecule has 1 aromatic rings. The van der Waals surface area contributed by atoms with Gasteiger partial charge in [0.2, 0.25) is 0 Å². The van der Waals surface area contributed by atoms with E-state index >= 15 is 0 Å². The smallest absolute Gasteiger partial charge is 0.0331 e. The Morgan fingerprint density at radius 1 is 1.33 bits per heavy atom. The van der Waals surface area contributed by atoms with Gasteiger partial charge in [0.05, 0.1) is 0 Å². The molecule has 0 radical (unpaired) electrons. The van der Waals surface area contributed by atoms with Crippen molar-refractivity contribution >= 4 is 27.3 Å². The van der Waals surface area contributed by atoms with Gasteiger partial charge in [0.15, 0.2) is 0 Å². The molecule has 3 rings (SSSR count). The zero-order valence-corrected chi connectivity index (χ0v) is 11.2. The molecular weight excluding hydrogens is 270 g/mol. The third-order valence-corrected chi connectivity index (χ3v) is 4.92. The van der Waals surface area contributed by atoms with E-state index in [1.54, 1.807) is 0 Å². The van der Waals surface area contributed by atoms with Crippen molar-refractivity contribution in [3.63, 3.8) is 0 Å². The van der Waals surface area contributed by atoms with Crippen LogP contribution >= 0.6 is 27.3 Å². The summed E-state index contributed by atoms with van der Waals surface area (Å²) in [5, 5.41) is 2.19. The molecule has 2 aliphatic carbocycles. The lowest BCUT2D eigenvalue weighted by Gasteiger charge is -2.20. The van der Waals surface area contributed by atoms with Crippen LogP contribution in [0.3, 0.4) is 0 Å². The molecule has 2 fully saturated rings. The van der Waals surface area contributed by atoms with Crippen LogP contribution in [0.1, 0.15) is 30.6 Å². The monoisotopic (exact) mass is 285 g/mol. The summed E-state index contributed by atoms with van der Waals surface area (Å²) in [5.41, 5.74) is 0. The number of halogens is 1. The SMILES string of the molecule is Brc1csc(CN(CC2CC2)C2CC2)c1. The van der Waals surface area contributed by atoms with Crippen LogP contribution in [-0.2, 0) is 6.54 Å². The van der Waals surface area contributed by atoms with Gasteiger partial charge >= 0.3 is 0 Å². The third kappa shape index (κ3) is 2.83. The van der Waals surface area contributed by atoms with Gasteiger partial charge in [-0.25, -0.2) is 0 Å². The van der Waals surface area contributed by atoms with Crippen molar-refractivity contribution in [1.29, 1.82) is 0 Å². The maximum absolute atomic E-state index is 3.53. The van der Waals surface area contributed by atoms with Crippen molar-refractivity contribution in [2.75, 3.05) is 6.54 Å². The van der Waals surface area contributed by atoms with Crippen molar-refractivity contribution in [3.8, 4) is 0 Å². The molecule has 15 heavy (non-hydrogen) atoms. The van der Waals surface area contributed by atoms with Crippen LogP contribution < -0.4 is 0 Å². The zero-order valence-electron chi connectivity index (χ0n) is 8.79. The summed E-state index contributed by atoms with van der Waals surface area (Å²) >= 11 is 5.41. The van der Waals surface area contributed by atoms with Crippen LogP contribution in [0, 0.1) is 5.92 Å². The van der Waals surface area contributed by atoms with E-state index in [1.165, 1.54) is 48.1 Å². The summed E-state index contributed by atoms with van der Waals surface area (Å²) in [7, 11) is 0. The largest absolute Gasteiger partial charge is 0.295 e. The number of hydrogen-bond donors (Lipinski definition) is 0. The second-order valence-electron chi connectivity index (χ2n) is 4.84. The average Bonchev–Trinajstić information content (AvgIpc) is 3.08. The summed E-state index contributed by atoms with van der Waals surface area (Å²) in [6, 6.07) is 3.18. The number of hydrogen-bond acceptors (Lipinski definition) is 2. The van der Waals surface area contributed by atoms with E-state index in [-0.39, 0.29) is 0 Å². The Kier molecular flexibility index (Phi) is 2.88. The Morgan fingerprint density at radius 2 is 2.13 bits per heavy atom. The molecule has 1 aromatic heterocycles. The highest BCUT2D eigenvalue weighted by molar-refractivity contribution is 9.10. The number of nitrogens with zero attached hydrogens (tertiary/aromatic N) is 1.